The zero-order chi connectivity index (χ0) is 12.8. The molecule has 1 fully saturated rings. The van der Waals surface area contributed by atoms with E-state index in [0.29, 0.717) is 25.0 Å². The molecule has 1 aliphatic carbocycles. The van der Waals surface area contributed by atoms with Crippen LogP contribution >= 0.6 is 0 Å². The summed E-state index contributed by atoms with van der Waals surface area (Å²) in [6.07, 6.45) is 5.52. The van der Waals surface area contributed by atoms with Gasteiger partial charge in [0, 0.05) is 18.9 Å². The molecule has 0 aromatic carbocycles. The summed E-state index contributed by atoms with van der Waals surface area (Å²) in [5.41, 5.74) is 5.83. The van der Waals surface area contributed by atoms with Gasteiger partial charge in [0.2, 0.25) is 5.89 Å². The van der Waals surface area contributed by atoms with Crippen molar-refractivity contribution in [1.29, 1.82) is 0 Å². The van der Waals surface area contributed by atoms with Crippen LogP contribution in [0.2, 0.25) is 0 Å². The molecule has 0 aliphatic heterocycles. The predicted molar refractivity (Wildman–Crippen MR) is 68.2 cm³/mol. The minimum Gasteiger partial charge on any atom is -0.381 e. The number of nitrogens with zero attached hydrogens (tertiary/aromatic N) is 2. The van der Waals surface area contributed by atoms with Gasteiger partial charge >= 0.3 is 0 Å². The van der Waals surface area contributed by atoms with Crippen LogP contribution in [0, 0.1) is 5.92 Å². The van der Waals surface area contributed by atoms with Gasteiger partial charge in [-0.05, 0) is 32.2 Å². The van der Waals surface area contributed by atoms with Crippen LogP contribution in [0.25, 0.3) is 0 Å². The Morgan fingerprint density at radius 3 is 3.00 bits per heavy atom. The van der Waals surface area contributed by atoms with Crippen LogP contribution in [0.15, 0.2) is 4.52 Å². The fraction of sp³-hybridized carbons (Fsp3) is 0.846. The molecule has 0 amide bonds. The largest absolute Gasteiger partial charge is 0.381 e. The maximum absolute atomic E-state index is 5.83. The summed E-state index contributed by atoms with van der Waals surface area (Å²) in [7, 11) is 0. The molecule has 0 spiro atoms. The van der Waals surface area contributed by atoms with Crippen LogP contribution in [0.5, 0.6) is 0 Å². The minimum atomic E-state index is 0.358. The monoisotopic (exact) mass is 253 g/mol. The Bertz CT molecular complexity index is 354. The highest BCUT2D eigenvalue weighted by atomic mass is 16.5. The molecule has 18 heavy (non-hydrogen) atoms. The van der Waals surface area contributed by atoms with E-state index in [1.807, 2.05) is 6.92 Å². The highest BCUT2D eigenvalue weighted by Crippen LogP contribution is 2.36. The molecule has 5 heteroatoms. The van der Waals surface area contributed by atoms with Gasteiger partial charge in [-0.2, -0.15) is 4.98 Å². The quantitative estimate of drug-likeness (QED) is 0.783. The Balaban J connectivity index is 1.95. The van der Waals surface area contributed by atoms with Crippen molar-refractivity contribution in [2.24, 2.45) is 11.7 Å². The lowest BCUT2D eigenvalue weighted by Gasteiger charge is -2.27. The summed E-state index contributed by atoms with van der Waals surface area (Å²) >= 11 is 0. The standard InChI is InChI=1S/C13H23N3O2/c1-2-17-8-7-12-15-13(18-16-12)11-6-4-3-5-10(11)9-14/h10-11H,2-9,14H2,1H3. The fourth-order valence-corrected chi connectivity index (χ4v) is 2.64. The third-order valence-electron chi connectivity index (χ3n) is 3.69. The first kappa shape index (κ1) is 13.5. The molecule has 0 saturated heterocycles. The van der Waals surface area contributed by atoms with Crippen LogP contribution in [-0.2, 0) is 11.2 Å². The lowest BCUT2D eigenvalue weighted by Crippen LogP contribution is -2.25. The molecule has 1 aromatic heterocycles. The van der Waals surface area contributed by atoms with Gasteiger partial charge in [0.15, 0.2) is 5.82 Å². The Morgan fingerprint density at radius 1 is 1.39 bits per heavy atom. The van der Waals surface area contributed by atoms with Gasteiger partial charge in [-0.15, -0.1) is 0 Å². The van der Waals surface area contributed by atoms with Gasteiger partial charge in [0.05, 0.1) is 6.61 Å². The van der Waals surface area contributed by atoms with Crippen LogP contribution in [-0.4, -0.2) is 29.9 Å². The average molecular weight is 253 g/mol. The van der Waals surface area contributed by atoms with E-state index in [-0.39, 0.29) is 0 Å². The fourth-order valence-electron chi connectivity index (χ4n) is 2.64. The van der Waals surface area contributed by atoms with Crippen molar-refractivity contribution in [3.05, 3.63) is 11.7 Å². The summed E-state index contributed by atoms with van der Waals surface area (Å²) in [6, 6.07) is 0. The van der Waals surface area contributed by atoms with Gasteiger partial charge < -0.3 is 15.0 Å². The van der Waals surface area contributed by atoms with Crippen molar-refractivity contribution >= 4 is 0 Å². The van der Waals surface area contributed by atoms with E-state index in [2.05, 4.69) is 10.1 Å². The SMILES string of the molecule is CCOCCc1noc(C2CCCCC2CN)n1. The Labute approximate surface area is 108 Å². The van der Waals surface area contributed by atoms with Crippen molar-refractivity contribution in [2.45, 2.75) is 44.9 Å². The second-order valence-corrected chi connectivity index (χ2v) is 4.88. The van der Waals surface area contributed by atoms with E-state index in [1.54, 1.807) is 0 Å². The average Bonchev–Trinajstić information content (AvgIpc) is 2.88. The summed E-state index contributed by atoms with van der Waals surface area (Å²) in [4.78, 5) is 4.49. The van der Waals surface area contributed by atoms with Gasteiger partial charge in [-0.25, -0.2) is 0 Å². The van der Waals surface area contributed by atoms with Gasteiger partial charge in [0.1, 0.15) is 0 Å². The van der Waals surface area contributed by atoms with Crippen molar-refractivity contribution in [2.75, 3.05) is 19.8 Å². The molecule has 0 bridgehead atoms. The van der Waals surface area contributed by atoms with E-state index >= 15 is 0 Å². The molecule has 2 rings (SSSR count). The summed E-state index contributed by atoms with van der Waals surface area (Å²) < 4.78 is 10.7. The van der Waals surface area contributed by atoms with Crippen molar-refractivity contribution in [1.82, 2.24) is 10.1 Å². The van der Waals surface area contributed by atoms with E-state index in [0.717, 1.165) is 31.2 Å². The molecule has 2 unspecified atom stereocenters. The molecular weight excluding hydrogens is 230 g/mol. The zero-order valence-corrected chi connectivity index (χ0v) is 11.1. The molecule has 2 N–H and O–H groups in total. The number of aromatic nitrogens is 2. The first-order valence-electron chi connectivity index (χ1n) is 6.95. The first-order chi connectivity index (χ1) is 8.85. The number of rotatable bonds is 6. The zero-order valence-electron chi connectivity index (χ0n) is 11.1. The van der Waals surface area contributed by atoms with Crippen LogP contribution in [0.3, 0.4) is 0 Å². The van der Waals surface area contributed by atoms with Crippen LogP contribution in [0.1, 0.15) is 50.2 Å². The second-order valence-electron chi connectivity index (χ2n) is 4.88. The molecule has 1 aromatic rings. The minimum absolute atomic E-state index is 0.358. The van der Waals surface area contributed by atoms with E-state index in [1.165, 1.54) is 19.3 Å². The molecule has 1 aliphatic rings. The predicted octanol–water partition coefficient (Wildman–Crippen LogP) is 1.88. The molecule has 1 heterocycles. The number of ether oxygens (including phenoxy) is 1. The van der Waals surface area contributed by atoms with Gasteiger partial charge in [-0.3, -0.25) is 0 Å². The van der Waals surface area contributed by atoms with Gasteiger partial charge in [0.25, 0.3) is 0 Å². The second kappa shape index (κ2) is 6.85. The summed E-state index contributed by atoms with van der Waals surface area (Å²) in [5.74, 6) is 2.38. The Morgan fingerprint density at radius 2 is 2.22 bits per heavy atom. The molecule has 2 atom stereocenters. The maximum atomic E-state index is 5.83. The number of nitrogens with two attached hydrogens (primary N) is 1. The van der Waals surface area contributed by atoms with Crippen molar-refractivity contribution < 1.29 is 9.26 Å². The van der Waals surface area contributed by atoms with E-state index in [4.69, 9.17) is 15.0 Å². The highest BCUT2D eigenvalue weighted by Gasteiger charge is 2.29. The summed E-state index contributed by atoms with van der Waals surface area (Å²) in [6.45, 7) is 4.07. The lowest BCUT2D eigenvalue weighted by atomic mass is 9.79. The van der Waals surface area contributed by atoms with E-state index < -0.39 is 0 Å². The Kier molecular flexibility index (Phi) is 5.13. The Hall–Kier alpha value is -0.940. The number of hydrogen-bond acceptors (Lipinski definition) is 5. The van der Waals surface area contributed by atoms with Crippen LogP contribution < -0.4 is 5.73 Å². The topological polar surface area (TPSA) is 74.2 Å². The smallest absolute Gasteiger partial charge is 0.230 e. The maximum Gasteiger partial charge on any atom is 0.230 e. The number of hydrogen-bond donors (Lipinski definition) is 1. The molecular formula is C13H23N3O2. The third-order valence-corrected chi connectivity index (χ3v) is 3.69. The first-order valence-corrected chi connectivity index (χ1v) is 6.95. The molecule has 0 radical (unpaired) electrons. The lowest BCUT2D eigenvalue weighted by molar-refractivity contribution is 0.149. The highest BCUT2D eigenvalue weighted by molar-refractivity contribution is 4.99. The van der Waals surface area contributed by atoms with Crippen molar-refractivity contribution in [3.63, 3.8) is 0 Å². The third kappa shape index (κ3) is 3.29. The molecule has 5 nitrogen and oxygen atoms in total. The van der Waals surface area contributed by atoms with E-state index in [9.17, 15) is 0 Å². The normalized spacial score (nSPS) is 24.3. The van der Waals surface area contributed by atoms with Gasteiger partial charge in [-0.1, -0.05) is 18.0 Å². The van der Waals surface area contributed by atoms with Crippen molar-refractivity contribution in [3.8, 4) is 0 Å². The van der Waals surface area contributed by atoms with Crippen LogP contribution in [0.4, 0.5) is 0 Å². The molecule has 1 saturated carbocycles. The summed E-state index contributed by atoms with van der Waals surface area (Å²) in [5, 5.41) is 4.03. The molecule has 102 valence electrons.